The number of piperidine rings is 1. The molecule has 1 aliphatic rings. The van der Waals surface area contributed by atoms with Crippen molar-refractivity contribution in [3.05, 3.63) is 35.9 Å². The van der Waals surface area contributed by atoms with Gasteiger partial charge in [0.2, 0.25) is 0 Å². The van der Waals surface area contributed by atoms with Crippen LogP contribution in [-0.2, 0) is 0 Å². The van der Waals surface area contributed by atoms with Gasteiger partial charge in [0, 0.05) is 18.5 Å². The molecule has 0 amide bonds. The average Bonchev–Trinajstić information content (AvgIpc) is 2.47. The van der Waals surface area contributed by atoms with Gasteiger partial charge in [0.05, 0.1) is 11.1 Å². The Morgan fingerprint density at radius 2 is 1.84 bits per heavy atom. The van der Waals surface area contributed by atoms with Crippen molar-refractivity contribution in [2.45, 2.75) is 19.3 Å². The van der Waals surface area contributed by atoms with Gasteiger partial charge in [-0.2, -0.15) is 0 Å². The summed E-state index contributed by atoms with van der Waals surface area (Å²) >= 11 is 0. The van der Waals surface area contributed by atoms with Crippen molar-refractivity contribution in [2.75, 3.05) is 18.0 Å². The number of benzene rings is 1. The second kappa shape index (κ2) is 4.88. The molecule has 0 spiro atoms. The summed E-state index contributed by atoms with van der Waals surface area (Å²) in [4.78, 5) is 17.9. The van der Waals surface area contributed by atoms with Crippen molar-refractivity contribution in [2.24, 2.45) is 0 Å². The molecule has 0 bridgehead atoms. The van der Waals surface area contributed by atoms with Gasteiger partial charge in [0.1, 0.15) is 5.82 Å². The largest absolute Gasteiger partial charge is 0.478 e. The molecule has 1 aromatic carbocycles. The van der Waals surface area contributed by atoms with Gasteiger partial charge < -0.3 is 10.0 Å². The molecular weight excluding hydrogens is 240 g/mol. The number of anilines is 1. The van der Waals surface area contributed by atoms with E-state index < -0.39 is 5.97 Å². The van der Waals surface area contributed by atoms with Crippen LogP contribution in [0.1, 0.15) is 29.6 Å². The van der Waals surface area contributed by atoms with Gasteiger partial charge in [-0.05, 0) is 43.5 Å². The molecule has 2 aromatic rings. The number of carboxylic acid groups (broad SMARTS) is 1. The highest BCUT2D eigenvalue weighted by Gasteiger charge is 2.13. The van der Waals surface area contributed by atoms with Gasteiger partial charge in [-0.3, -0.25) is 0 Å². The number of hydrogen-bond acceptors (Lipinski definition) is 3. The third kappa shape index (κ3) is 2.38. The first-order chi connectivity index (χ1) is 9.24. The fraction of sp³-hybridized carbons (Fsp3) is 0.333. The van der Waals surface area contributed by atoms with Crippen LogP contribution in [0.4, 0.5) is 5.82 Å². The van der Waals surface area contributed by atoms with Crippen LogP contribution in [0.2, 0.25) is 0 Å². The molecule has 2 heterocycles. The first-order valence-electron chi connectivity index (χ1n) is 6.63. The van der Waals surface area contributed by atoms with E-state index in [1.807, 2.05) is 18.2 Å². The second-order valence-corrected chi connectivity index (χ2v) is 4.93. The van der Waals surface area contributed by atoms with Crippen LogP contribution in [-0.4, -0.2) is 29.1 Å². The van der Waals surface area contributed by atoms with E-state index in [9.17, 15) is 4.79 Å². The van der Waals surface area contributed by atoms with E-state index in [1.54, 1.807) is 12.1 Å². The molecule has 1 aliphatic heterocycles. The minimum absolute atomic E-state index is 0.288. The lowest BCUT2D eigenvalue weighted by atomic mass is 10.1. The maximum atomic E-state index is 11.0. The normalized spacial score (nSPS) is 15.7. The first kappa shape index (κ1) is 12.0. The maximum Gasteiger partial charge on any atom is 0.335 e. The van der Waals surface area contributed by atoms with E-state index in [0.717, 1.165) is 29.8 Å². The molecule has 1 aromatic heterocycles. The van der Waals surface area contributed by atoms with Crippen molar-refractivity contribution >= 4 is 22.7 Å². The zero-order valence-electron chi connectivity index (χ0n) is 10.7. The SMILES string of the molecule is O=C(O)c1ccc2ccc(N3CCCCC3)nc2c1. The fourth-order valence-electron chi connectivity index (χ4n) is 2.54. The lowest BCUT2D eigenvalue weighted by Crippen LogP contribution is -2.30. The van der Waals surface area contributed by atoms with E-state index in [4.69, 9.17) is 5.11 Å². The maximum absolute atomic E-state index is 11.0. The molecule has 1 N–H and O–H groups in total. The van der Waals surface area contributed by atoms with Crippen LogP contribution >= 0.6 is 0 Å². The van der Waals surface area contributed by atoms with Crippen molar-refractivity contribution in [3.8, 4) is 0 Å². The Hall–Kier alpha value is -2.10. The monoisotopic (exact) mass is 256 g/mol. The van der Waals surface area contributed by atoms with Gasteiger partial charge in [-0.25, -0.2) is 9.78 Å². The van der Waals surface area contributed by atoms with Gasteiger partial charge in [0.15, 0.2) is 0 Å². The Morgan fingerprint density at radius 1 is 1.11 bits per heavy atom. The number of carbonyl (C=O) groups is 1. The summed E-state index contributed by atoms with van der Waals surface area (Å²) < 4.78 is 0. The number of aromatic carboxylic acids is 1. The number of rotatable bonds is 2. The van der Waals surface area contributed by atoms with Gasteiger partial charge in [0.25, 0.3) is 0 Å². The van der Waals surface area contributed by atoms with E-state index in [1.165, 1.54) is 19.3 Å². The molecule has 3 rings (SSSR count). The number of pyridine rings is 1. The molecule has 98 valence electrons. The number of aromatic nitrogens is 1. The zero-order chi connectivity index (χ0) is 13.2. The number of carboxylic acids is 1. The second-order valence-electron chi connectivity index (χ2n) is 4.93. The van der Waals surface area contributed by atoms with Gasteiger partial charge in [-0.1, -0.05) is 6.07 Å². The topological polar surface area (TPSA) is 53.4 Å². The number of nitrogens with zero attached hydrogens (tertiary/aromatic N) is 2. The number of fused-ring (bicyclic) bond motifs is 1. The van der Waals surface area contributed by atoms with Crippen molar-refractivity contribution in [3.63, 3.8) is 0 Å². The lowest BCUT2D eigenvalue weighted by molar-refractivity contribution is 0.0697. The van der Waals surface area contributed by atoms with Crippen LogP contribution in [0.15, 0.2) is 30.3 Å². The Morgan fingerprint density at radius 3 is 2.58 bits per heavy atom. The van der Waals surface area contributed by atoms with Crippen molar-refractivity contribution in [1.29, 1.82) is 0 Å². The number of hydrogen-bond donors (Lipinski definition) is 1. The molecule has 0 aliphatic carbocycles. The Labute approximate surface area is 111 Å². The molecule has 4 nitrogen and oxygen atoms in total. The van der Waals surface area contributed by atoms with Gasteiger partial charge >= 0.3 is 5.97 Å². The summed E-state index contributed by atoms with van der Waals surface area (Å²) in [5.74, 6) is 0.0433. The van der Waals surface area contributed by atoms with Crippen LogP contribution in [0.25, 0.3) is 10.9 Å². The highest BCUT2D eigenvalue weighted by atomic mass is 16.4. The summed E-state index contributed by atoms with van der Waals surface area (Å²) in [5.41, 5.74) is 1.04. The summed E-state index contributed by atoms with van der Waals surface area (Å²) in [7, 11) is 0. The Bertz CT molecular complexity index is 619. The zero-order valence-corrected chi connectivity index (χ0v) is 10.7. The predicted molar refractivity (Wildman–Crippen MR) is 74.8 cm³/mol. The molecule has 0 unspecified atom stereocenters. The minimum atomic E-state index is -0.910. The van der Waals surface area contributed by atoms with Crippen molar-refractivity contribution < 1.29 is 9.90 Å². The van der Waals surface area contributed by atoms with E-state index in [2.05, 4.69) is 9.88 Å². The lowest BCUT2D eigenvalue weighted by Gasteiger charge is -2.27. The Kier molecular flexibility index (Phi) is 3.07. The predicted octanol–water partition coefficient (Wildman–Crippen LogP) is 2.92. The molecule has 0 atom stereocenters. The summed E-state index contributed by atoms with van der Waals surface area (Å²) in [6, 6.07) is 9.11. The highest BCUT2D eigenvalue weighted by molar-refractivity contribution is 5.93. The van der Waals surface area contributed by atoms with Crippen LogP contribution in [0.3, 0.4) is 0 Å². The van der Waals surface area contributed by atoms with Crippen molar-refractivity contribution in [1.82, 2.24) is 4.98 Å². The summed E-state index contributed by atoms with van der Waals surface area (Å²) in [6.07, 6.45) is 3.69. The van der Waals surface area contributed by atoms with E-state index in [-0.39, 0.29) is 5.56 Å². The van der Waals surface area contributed by atoms with Crippen LogP contribution in [0.5, 0.6) is 0 Å². The quantitative estimate of drug-likeness (QED) is 0.897. The highest BCUT2D eigenvalue weighted by Crippen LogP contribution is 2.22. The van der Waals surface area contributed by atoms with Crippen LogP contribution < -0.4 is 4.90 Å². The molecule has 0 radical (unpaired) electrons. The minimum Gasteiger partial charge on any atom is -0.478 e. The van der Waals surface area contributed by atoms with E-state index in [0.29, 0.717) is 0 Å². The van der Waals surface area contributed by atoms with E-state index >= 15 is 0 Å². The molecular formula is C15H16N2O2. The molecule has 19 heavy (non-hydrogen) atoms. The molecule has 4 heteroatoms. The molecule has 0 saturated carbocycles. The van der Waals surface area contributed by atoms with Gasteiger partial charge in [-0.15, -0.1) is 0 Å². The summed E-state index contributed by atoms with van der Waals surface area (Å²) in [6.45, 7) is 2.08. The fourth-order valence-corrected chi connectivity index (χ4v) is 2.54. The Balaban J connectivity index is 2.00. The summed E-state index contributed by atoms with van der Waals surface area (Å²) in [5, 5.41) is 10.0. The standard InChI is InChI=1S/C15H16N2O2/c18-15(19)12-5-4-11-6-7-14(16-13(11)10-12)17-8-2-1-3-9-17/h4-7,10H,1-3,8-9H2,(H,18,19). The smallest absolute Gasteiger partial charge is 0.335 e. The average molecular weight is 256 g/mol. The third-order valence-electron chi connectivity index (χ3n) is 3.60. The molecule has 1 fully saturated rings. The molecule has 1 saturated heterocycles. The van der Waals surface area contributed by atoms with Crippen LogP contribution in [0, 0.1) is 0 Å². The first-order valence-corrected chi connectivity index (χ1v) is 6.63. The third-order valence-corrected chi connectivity index (χ3v) is 3.60.